The van der Waals surface area contributed by atoms with Crippen LogP contribution in [-0.4, -0.2) is 32.3 Å². The molecule has 1 unspecified atom stereocenters. The van der Waals surface area contributed by atoms with E-state index in [0.29, 0.717) is 0 Å². The quantitative estimate of drug-likeness (QED) is 0.487. The fraction of sp³-hybridized carbons (Fsp3) is 0.889. The molecule has 6 heteroatoms. The van der Waals surface area contributed by atoms with Gasteiger partial charge in [0.1, 0.15) is 7.03 Å². The van der Waals surface area contributed by atoms with E-state index < -0.39 is 5.60 Å². The molecule has 1 saturated heterocycles. The lowest BCUT2D eigenvalue weighted by atomic mass is 10.2. The predicted molar refractivity (Wildman–Crippen MR) is 76.8 cm³/mol. The minimum absolute atomic E-state index is 0.0342. The van der Waals surface area contributed by atoms with Crippen LogP contribution in [0, 0.1) is 0 Å². The second-order valence-corrected chi connectivity index (χ2v) is 10.5. The van der Waals surface area contributed by atoms with Crippen LogP contribution in [0.4, 0.5) is 4.79 Å². The summed E-state index contributed by atoms with van der Waals surface area (Å²) >= 11 is 4.71. The Kier molecular flexibility index (Phi) is 4.50. The molecule has 1 aliphatic rings. The smallest absolute Gasteiger partial charge is 0.407 e. The number of nitrogens with one attached hydrogen (secondary N) is 2. The molecule has 0 bridgehead atoms. The molecule has 1 heterocycles. The zero-order valence-electron chi connectivity index (χ0n) is 9.06. The Morgan fingerprint density at radius 1 is 1.53 bits per heavy atom. The number of rotatable bonds is 1. The molecular formula is C9H16I2N2O2. The normalized spacial score (nSPS) is 25.0. The summed E-state index contributed by atoms with van der Waals surface area (Å²) in [6, 6.07) is 0.119. The third-order valence-corrected chi connectivity index (χ3v) is 4.18. The maximum atomic E-state index is 11.5. The van der Waals surface area contributed by atoms with Gasteiger partial charge >= 0.3 is 6.09 Å². The maximum absolute atomic E-state index is 11.5. The van der Waals surface area contributed by atoms with Crippen molar-refractivity contribution in [2.45, 2.75) is 33.8 Å². The molecule has 1 rings (SSSR count). The summed E-state index contributed by atoms with van der Waals surface area (Å²) in [7, 11) is 0. The number of carbonyl (C=O) groups is 1. The first-order valence-electron chi connectivity index (χ1n) is 4.79. The van der Waals surface area contributed by atoms with Gasteiger partial charge in [-0.15, -0.1) is 0 Å². The molecular weight excluding hydrogens is 422 g/mol. The largest absolute Gasteiger partial charge is 0.444 e. The zero-order valence-corrected chi connectivity index (χ0v) is 13.4. The lowest BCUT2D eigenvalue weighted by Crippen LogP contribution is -2.46. The fourth-order valence-electron chi connectivity index (χ4n) is 1.26. The van der Waals surface area contributed by atoms with Gasteiger partial charge in [-0.1, -0.05) is 45.2 Å². The number of carbonyl (C=O) groups excluding carboxylic acids is 1. The van der Waals surface area contributed by atoms with Gasteiger partial charge in [0.25, 0.3) is 0 Å². The minimum Gasteiger partial charge on any atom is -0.444 e. The van der Waals surface area contributed by atoms with Crippen LogP contribution in [0.1, 0.15) is 20.8 Å². The van der Waals surface area contributed by atoms with Crippen LogP contribution < -0.4 is 10.6 Å². The van der Waals surface area contributed by atoms with Gasteiger partial charge in [-0.05, 0) is 20.8 Å². The lowest BCUT2D eigenvalue weighted by molar-refractivity contribution is 0.0509. The lowest BCUT2D eigenvalue weighted by Gasteiger charge is -2.25. The van der Waals surface area contributed by atoms with Crippen molar-refractivity contribution >= 4 is 51.3 Å². The molecule has 0 aromatic heterocycles. The second kappa shape index (κ2) is 4.91. The van der Waals surface area contributed by atoms with E-state index in [1.165, 1.54) is 0 Å². The van der Waals surface area contributed by atoms with Crippen molar-refractivity contribution < 1.29 is 9.53 Å². The molecule has 2 N–H and O–H groups in total. The molecule has 1 aliphatic heterocycles. The highest BCUT2D eigenvalue weighted by molar-refractivity contribution is 14.2. The molecule has 0 radical (unpaired) electrons. The molecule has 4 nitrogen and oxygen atoms in total. The van der Waals surface area contributed by atoms with E-state index in [0.717, 1.165) is 13.1 Å². The standard InChI is InChI=1S/C9H16I2N2O2/c1-8(2,3)15-7(14)13-6-4-12-5-9(6,10)11/h6,12H,4-5H2,1-3H3,(H,13,14). The van der Waals surface area contributed by atoms with Crippen LogP contribution in [0.5, 0.6) is 0 Å². The Labute approximate surface area is 118 Å². The number of hydrogen-bond acceptors (Lipinski definition) is 3. The topological polar surface area (TPSA) is 50.4 Å². The van der Waals surface area contributed by atoms with E-state index in [1.807, 2.05) is 20.8 Å². The third kappa shape index (κ3) is 4.59. The number of alkyl carbamates (subject to hydrolysis) is 1. The van der Waals surface area contributed by atoms with E-state index in [2.05, 4.69) is 55.8 Å². The highest BCUT2D eigenvalue weighted by Gasteiger charge is 2.39. The van der Waals surface area contributed by atoms with Gasteiger partial charge in [0.15, 0.2) is 0 Å². The summed E-state index contributed by atoms with van der Waals surface area (Å²) in [6.07, 6.45) is -0.339. The second-order valence-electron chi connectivity index (χ2n) is 4.59. The van der Waals surface area contributed by atoms with E-state index in [-0.39, 0.29) is 13.6 Å². The Hall–Kier alpha value is 0.690. The van der Waals surface area contributed by atoms with Crippen molar-refractivity contribution in [1.82, 2.24) is 10.6 Å². The van der Waals surface area contributed by atoms with Crippen LogP contribution >= 0.6 is 45.2 Å². The van der Waals surface area contributed by atoms with Crippen molar-refractivity contribution in [3.8, 4) is 0 Å². The number of hydrogen-bond donors (Lipinski definition) is 2. The van der Waals surface area contributed by atoms with Crippen LogP contribution in [-0.2, 0) is 4.74 Å². The highest BCUT2D eigenvalue weighted by atomic mass is 127. The van der Waals surface area contributed by atoms with Gasteiger partial charge in [0, 0.05) is 13.1 Å². The Balaban J connectivity index is 2.45. The number of alkyl halides is 2. The van der Waals surface area contributed by atoms with Crippen molar-refractivity contribution in [2.75, 3.05) is 13.1 Å². The first-order valence-corrected chi connectivity index (χ1v) is 6.94. The zero-order chi connectivity index (χ0) is 11.7. The van der Waals surface area contributed by atoms with Crippen LogP contribution in [0.25, 0.3) is 0 Å². The van der Waals surface area contributed by atoms with Crippen molar-refractivity contribution in [1.29, 1.82) is 0 Å². The predicted octanol–water partition coefficient (Wildman–Crippen LogP) is 2.05. The molecule has 15 heavy (non-hydrogen) atoms. The van der Waals surface area contributed by atoms with Gasteiger partial charge in [0.05, 0.1) is 6.04 Å². The average molecular weight is 438 g/mol. The summed E-state index contributed by atoms with van der Waals surface area (Å²) in [5, 5.41) is 6.13. The molecule has 88 valence electrons. The Morgan fingerprint density at radius 2 is 2.13 bits per heavy atom. The van der Waals surface area contributed by atoms with E-state index >= 15 is 0 Å². The van der Waals surface area contributed by atoms with Gasteiger partial charge < -0.3 is 15.4 Å². The van der Waals surface area contributed by atoms with E-state index in [9.17, 15) is 4.79 Å². The maximum Gasteiger partial charge on any atom is 0.407 e. The first kappa shape index (κ1) is 13.8. The summed E-state index contributed by atoms with van der Waals surface area (Å²) in [5.41, 5.74) is -0.435. The van der Waals surface area contributed by atoms with Gasteiger partial charge in [-0.25, -0.2) is 4.79 Å². The number of amides is 1. The summed E-state index contributed by atoms with van der Waals surface area (Å²) in [5.74, 6) is 0. The van der Waals surface area contributed by atoms with Crippen LogP contribution in [0.15, 0.2) is 0 Å². The van der Waals surface area contributed by atoms with Crippen LogP contribution in [0.2, 0.25) is 0 Å². The molecule has 0 spiro atoms. The molecule has 1 fully saturated rings. The molecule has 0 aromatic rings. The number of ether oxygens (including phenoxy) is 1. The Bertz CT molecular complexity index is 251. The monoisotopic (exact) mass is 438 g/mol. The van der Waals surface area contributed by atoms with Gasteiger partial charge in [0.2, 0.25) is 0 Å². The van der Waals surface area contributed by atoms with Gasteiger partial charge in [-0.3, -0.25) is 0 Å². The minimum atomic E-state index is -0.435. The summed E-state index contributed by atoms with van der Waals surface area (Å²) in [4.78, 5) is 11.5. The van der Waals surface area contributed by atoms with E-state index in [4.69, 9.17) is 4.74 Å². The van der Waals surface area contributed by atoms with Crippen molar-refractivity contribution in [3.63, 3.8) is 0 Å². The molecule has 0 aliphatic carbocycles. The fourth-order valence-corrected chi connectivity index (χ4v) is 2.55. The summed E-state index contributed by atoms with van der Waals surface area (Å²) in [6.45, 7) is 7.28. The first-order chi connectivity index (χ1) is 6.71. The van der Waals surface area contributed by atoms with Crippen molar-refractivity contribution in [3.05, 3.63) is 0 Å². The number of halogens is 2. The van der Waals surface area contributed by atoms with Crippen LogP contribution in [0.3, 0.4) is 0 Å². The van der Waals surface area contributed by atoms with Gasteiger partial charge in [-0.2, -0.15) is 0 Å². The highest BCUT2D eigenvalue weighted by Crippen LogP contribution is 2.34. The summed E-state index contributed by atoms with van der Waals surface area (Å²) < 4.78 is 5.24. The molecule has 1 amide bonds. The van der Waals surface area contributed by atoms with E-state index in [1.54, 1.807) is 0 Å². The molecule has 0 aromatic carbocycles. The third-order valence-electron chi connectivity index (χ3n) is 1.91. The SMILES string of the molecule is CC(C)(C)OC(=O)NC1CNCC1(I)I. The van der Waals surface area contributed by atoms with Crippen molar-refractivity contribution in [2.24, 2.45) is 0 Å². The average Bonchev–Trinajstić information content (AvgIpc) is 2.26. The molecule has 1 atom stereocenters. The Morgan fingerprint density at radius 3 is 2.53 bits per heavy atom. The molecule has 0 saturated carbocycles.